The van der Waals surface area contributed by atoms with Crippen molar-refractivity contribution < 1.29 is 9.13 Å². The van der Waals surface area contributed by atoms with Crippen LogP contribution < -0.4 is 20.7 Å². The Bertz CT molecular complexity index is 690. The number of hydrogen-bond acceptors (Lipinski definition) is 3. The SMILES string of the molecule is COc1cccc(NC(N)=NCCCN(C)c2ccccc2F)c1. The minimum absolute atomic E-state index is 0.220. The molecule has 0 spiro atoms. The summed E-state index contributed by atoms with van der Waals surface area (Å²) in [5.41, 5.74) is 7.28. The lowest BCUT2D eigenvalue weighted by atomic mass is 10.2. The minimum Gasteiger partial charge on any atom is -0.497 e. The number of hydrogen-bond donors (Lipinski definition) is 2. The summed E-state index contributed by atoms with van der Waals surface area (Å²) >= 11 is 0. The van der Waals surface area contributed by atoms with Crippen LogP contribution >= 0.6 is 0 Å². The molecule has 0 aliphatic rings. The van der Waals surface area contributed by atoms with Gasteiger partial charge in [-0.3, -0.25) is 4.99 Å². The first-order chi connectivity index (χ1) is 11.6. The van der Waals surface area contributed by atoms with Crippen LogP contribution in [-0.4, -0.2) is 33.2 Å². The molecular formula is C18H23FN4O. The number of nitrogens with two attached hydrogens (primary N) is 1. The fourth-order valence-corrected chi connectivity index (χ4v) is 2.28. The molecule has 2 aromatic carbocycles. The number of anilines is 2. The van der Waals surface area contributed by atoms with Crippen molar-refractivity contribution >= 4 is 17.3 Å². The highest BCUT2D eigenvalue weighted by atomic mass is 19.1. The van der Waals surface area contributed by atoms with Gasteiger partial charge >= 0.3 is 0 Å². The predicted octanol–water partition coefficient (Wildman–Crippen LogP) is 3.09. The van der Waals surface area contributed by atoms with E-state index in [-0.39, 0.29) is 5.82 Å². The van der Waals surface area contributed by atoms with Gasteiger partial charge in [-0.15, -0.1) is 0 Å². The maximum atomic E-state index is 13.7. The highest BCUT2D eigenvalue weighted by Gasteiger charge is 2.05. The van der Waals surface area contributed by atoms with Gasteiger partial charge in [0.15, 0.2) is 5.96 Å². The second-order valence-corrected chi connectivity index (χ2v) is 5.35. The van der Waals surface area contributed by atoms with Crippen molar-refractivity contribution in [3.05, 3.63) is 54.3 Å². The molecule has 24 heavy (non-hydrogen) atoms. The molecular weight excluding hydrogens is 307 g/mol. The van der Waals surface area contributed by atoms with E-state index in [0.29, 0.717) is 24.7 Å². The van der Waals surface area contributed by atoms with E-state index in [9.17, 15) is 4.39 Å². The van der Waals surface area contributed by atoms with Crippen molar-refractivity contribution in [1.29, 1.82) is 0 Å². The topological polar surface area (TPSA) is 62.9 Å². The molecule has 0 atom stereocenters. The molecule has 0 aromatic heterocycles. The minimum atomic E-state index is -0.220. The van der Waals surface area contributed by atoms with E-state index in [1.54, 1.807) is 19.2 Å². The Kier molecular flexibility index (Phi) is 6.42. The Balaban J connectivity index is 1.79. The molecule has 5 nitrogen and oxygen atoms in total. The van der Waals surface area contributed by atoms with Crippen LogP contribution in [0.5, 0.6) is 5.75 Å². The summed E-state index contributed by atoms with van der Waals surface area (Å²) < 4.78 is 18.8. The number of nitrogens with zero attached hydrogens (tertiary/aromatic N) is 2. The number of rotatable bonds is 7. The van der Waals surface area contributed by atoms with Gasteiger partial charge in [-0.25, -0.2) is 4.39 Å². The number of para-hydroxylation sites is 1. The quantitative estimate of drug-likeness (QED) is 0.465. The second-order valence-electron chi connectivity index (χ2n) is 5.35. The van der Waals surface area contributed by atoms with Crippen molar-refractivity contribution in [2.45, 2.75) is 6.42 Å². The second kappa shape index (κ2) is 8.76. The number of nitrogens with one attached hydrogen (secondary N) is 1. The Morgan fingerprint density at radius 1 is 1.25 bits per heavy atom. The van der Waals surface area contributed by atoms with Gasteiger partial charge in [0.1, 0.15) is 11.6 Å². The lowest BCUT2D eigenvalue weighted by Gasteiger charge is -2.19. The van der Waals surface area contributed by atoms with Crippen LogP contribution in [0.4, 0.5) is 15.8 Å². The summed E-state index contributed by atoms with van der Waals surface area (Å²) in [6, 6.07) is 14.2. The van der Waals surface area contributed by atoms with Gasteiger partial charge in [-0.05, 0) is 30.7 Å². The molecule has 0 aliphatic carbocycles. The van der Waals surface area contributed by atoms with Gasteiger partial charge in [-0.1, -0.05) is 18.2 Å². The van der Waals surface area contributed by atoms with Crippen molar-refractivity contribution in [1.82, 2.24) is 0 Å². The van der Waals surface area contributed by atoms with E-state index in [1.807, 2.05) is 42.3 Å². The van der Waals surface area contributed by atoms with Crippen LogP contribution in [0.25, 0.3) is 0 Å². The standard InChI is InChI=1S/C18H23FN4O/c1-23(17-10-4-3-9-16(17)19)12-6-11-21-18(20)22-14-7-5-8-15(13-14)24-2/h3-5,7-10,13H,6,11-12H2,1-2H3,(H3,20,21,22). The third-order valence-corrected chi connectivity index (χ3v) is 3.54. The van der Waals surface area contributed by atoms with Crippen LogP contribution in [0.1, 0.15) is 6.42 Å². The summed E-state index contributed by atoms with van der Waals surface area (Å²) in [5.74, 6) is 0.874. The summed E-state index contributed by atoms with van der Waals surface area (Å²) in [6.45, 7) is 1.25. The van der Waals surface area contributed by atoms with E-state index in [1.165, 1.54) is 6.07 Å². The highest BCUT2D eigenvalue weighted by Crippen LogP contribution is 2.17. The van der Waals surface area contributed by atoms with Gasteiger partial charge in [0.2, 0.25) is 0 Å². The molecule has 6 heteroatoms. The van der Waals surface area contributed by atoms with E-state index in [0.717, 1.165) is 17.9 Å². The third-order valence-electron chi connectivity index (χ3n) is 3.54. The van der Waals surface area contributed by atoms with Crippen LogP contribution in [0.15, 0.2) is 53.5 Å². The monoisotopic (exact) mass is 330 g/mol. The molecule has 0 radical (unpaired) electrons. The summed E-state index contributed by atoms with van der Waals surface area (Å²) in [7, 11) is 3.47. The summed E-state index contributed by atoms with van der Waals surface area (Å²) in [5, 5.41) is 3.02. The lowest BCUT2D eigenvalue weighted by Crippen LogP contribution is -2.24. The highest BCUT2D eigenvalue weighted by molar-refractivity contribution is 5.92. The molecule has 0 saturated heterocycles. The predicted molar refractivity (Wildman–Crippen MR) is 97.4 cm³/mol. The average Bonchev–Trinajstić information content (AvgIpc) is 2.59. The lowest BCUT2D eigenvalue weighted by molar-refractivity contribution is 0.415. The van der Waals surface area contributed by atoms with Crippen molar-refractivity contribution in [3.8, 4) is 5.75 Å². The number of halogens is 1. The number of guanidine groups is 1. The van der Waals surface area contributed by atoms with E-state index < -0.39 is 0 Å². The summed E-state index contributed by atoms with van der Waals surface area (Å²) in [4.78, 5) is 6.16. The molecule has 0 saturated carbocycles. The average molecular weight is 330 g/mol. The van der Waals surface area contributed by atoms with Crippen LogP contribution in [0, 0.1) is 5.82 Å². The maximum absolute atomic E-state index is 13.7. The molecule has 0 heterocycles. The number of benzene rings is 2. The zero-order valence-corrected chi connectivity index (χ0v) is 14.0. The van der Waals surface area contributed by atoms with Crippen LogP contribution in [0.2, 0.25) is 0 Å². The third kappa shape index (κ3) is 5.15. The van der Waals surface area contributed by atoms with Crippen molar-refractivity contribution in [2.24, 2.45) is 10.7 Å². The van der Waals surface area contributed by atoms with Crippen molar-refractivity contribution in [2.75, 3.05) is 37.5 Å². The first-order valence-corrected chi connectivity index (χ1v) is 7.77. The van der Waals surface area contributed by atoms with Crippen LogP contribution in [0.3, 0.4) is 0 Å². The zero-order valence-electron chi connectivity index (χ0n) is 14.0. The number of aliphatic imine (C=N–C) groups is 1. The molecule has 0 bridgehead atoms. The van der Waals surface area contributed by atoms with Crippen LogP contribution in [-0.2, 0) is 0 Å². The molecule has 0 amide bonds. The molecule has 128 valence electrons. The normalized spacial score (nSPS) is 11.2. The molecule has 0 unspecified atom stereocenters. The van der Waals surface area contributed by atoms with Gasteiger partial charge in [0.25, 0.3) is 0 Å². The summed E-state index contributed by atoms with van der Waals surface area (Å²) in [6.07, 6.45) is 0.769. The molecule has 0 fully saturated rings. The smallest absolute Gasteiger partial charge is 0.193 e. The van der Waals surface area contributed by atoms with Gasteiger partial charge in [-0.2, -0.15) is 0 Å². The Morgan fingerprint density at radius 3 is 2.79 bits per heavy atom. The largest absolute Gasteiger partial charge is 0.497 e. The Labute approximate surface area is 142 Å². The van der Waals surface area contributed by atoms with Gasteiger partial charge in [0.05, 0.1) is 12.8 Å². The molecule has 0 aliphatic heterocycles. The van der Waals surface area contributed by atoms with E-state index >= 15 is 0 Å². The number of ether oxygens (including phenoxy) is 1. The first kappa shape index (κ1) is 17.6. The Hall–Kier alpha value is -2.76. The maximum Gasteiger partial charge on any atom is 0.193 e. The fourth-order valence-electron chi connectivity index (χ4n) is 2.28. The van der Waals surface area contributed by atoms with Crippen molar-refractivity contribution in [3.63, 3.8) is 0 Å². The molecule has 2 rings (SSSR count). The number of methoxy groups -OCH3 is 1. The van der Waals surface area contributed by atoms with Gasteiger partial charge < -0.3 is 20.7 Å². The first-order valence-electron chi connectivity index (χ1n) is 7.77. The van der Waals surface area contributed by atoms with E-state index in [4.69, 9.17) is 10.5 Å². The molecule has 2 aromatic rings. The Morgan fingerprint density at radius 2 is 2.04 bits per heavy atom. The van der Waals surface area contributed by atoms with Gasteiger partial charge in [0, 0.05) is 31.9 Å². The fraction of sp³-hybridized carbons (Fsp3) is 0.278. The van der Waals surface area contributed by atoms with E-state index in [2.05, 4.69) is 10.3 Å². The molecule has 3 N–H and O–H groups in total. The zero-order chi connectivity index (χ0) is 17.4.